The van der Waals surface area contributed by atoms with Crippen LogP contribution in [0.5, 0.6) is 0 Å². The van der Waals surface area contributed by atoms with E-state index in [0.29, 0.717) is 41.1 Å². The summed E-state index contributed by atoms with van der Waals surface area (Å²) in [7, 11) is 0. The number of fused-ring (bicyclic) bond motifs is 4. The van der Waals surface area contributed by atoms with Crippen LogP contribution in [0.1, 0.15) is 133 Å². The first-order valence-corrected chi connectivity index (χ1v) is 21.9. The van der Waals surface area contributed by atoms with E-state index in [1.165, 1.54) is 70.9 Å². The van der Waals surface area contributed by atoms with Crippen molar-refractivity contribution in [2.24, 2.45) is 50.7 Å². The van der Waals surface area contributed by atoms with Crippen LogP contribution in [0.25, 0.3) is 0 Å². The number of likely N-dealkylation sites (tertiary alicyclic amines) is 1. The van der Waals surface area contributed by atoms with E-state index in [2.05, 4.69) is 51.3 Å². The maximum Gasteiger partial charge on any atom is 0.170 e. The largest absolute Gasteiger partial charge is 0.390 e. The van der Waals surface area contributed by atoms with Gasteiger partial charge in [0, 0.05) is 43.2 Å². The van der Waals surface area contributed by atoms with Gasteiger partial charge in [-0.2, -0.15) is 0 Å². The minimum Gasteiger partial charge on any atom is -0.390 e. The second kappa shape index (κ2) is 12.1. The van der Waals surface area contributed by atoms with Crippen LogP contribution >= 0.6 is 0 Å². The van der Waals surface area contributed by atoms with E-state index in [9.17, 15) is 10.2 Å². The number of rotatable bonds is 8. The molecular formula is C44H74N2O6. The van der Waals surface area contributed by atoms with E-state index in [1.807, 2.05) is 20.8 Å². The van der Waals surface area contributed by atoms with Crippen LogP contribution in [0.15, 0.2) is 0 Å². The molecule has 14 atom stereocenters. The lowest BCUT2D eigenvalue weighted by Crippen LogP contribution is -2.73. The highest BCUT2D eigenvalue weighted by atomic mass is 16.7. The monoisotopic (exact) mass is 727 g/mol. The number of nitrogens with zero attached hydrogens (tertiary/aromatic N) is 2. The molecule has 9 rings (SSSR count). The zero-order valence-corrected chi connectivity index (χ0v) is 34.3. The summed E-state index contributed by atoms with van der Waals surface area (Å²) in [5.74, 6) is 1.86. The summed E-state index contributed by atoms with van der Waals surface area (Å²) in [5, 5.41) is 23.8. The van der Waals surface area contributed by atoms with Gasteiger partial charge < -0.3 is 29.2 Å². The van der Waals surface area contributed by atoms with Gasteiger partial charge in [-0.05, 0) is 137 Å². The van der Waals surface area contributed by atoms with Gasteiger partial charge in [-0.25, -0.2) is 0 Å². The summed E-state index contributed by atoms with van der Waals surface area (Å²) in [6, 6.07) is 0.834. The van der Waals surface area contributed by atoms with Crippen LogP contribution in [-0.2, 0) is 18.9 Å². The van der Waals surface area contributed by atoms with Crippen molar-refractivity contribution in [2.75, 3.05) is 39.4 Å². The number of morpholine rings is 1. The van der Waals surface area contributed by atoms with Crippen LogP contribution in [0.4, 0.5) is 0 Å². The number of aliphatic hydroxyl groups excluding tert-OH is 1. The molecule has 8 nitrogen and oxygen atoms in total. The third-order valence-electron chi connectivity index (χ3n) is 18.9. The van der Waals surface area contributed by atoms with E-state index in [0.717, 1.165) is 38.6 Å². The maximum atomic E-state index is 12.7. The second-order valence-corrected chi connectivity index (χ2v) is 21.9. The minimum absolute atomic E-state index is 0.0237. The molecule has 3 aliphatic heterocycles. The van der Waals surface area contributed by atoms with Crippen LogP contribution in [0.2, 0.25) is 0 Å². The number of aliphatic hydroxyl groups is 2. The Kier molecular flexibility index (Phi) is 8.67. The zero-order chi connectivity index (χ0) is 36.9. The minimum atomic E-state index is -1.01. The quantitative estimate of drug-likeness (QED) is 0.288. The number of ether oxygens (including phenoxy) is 4. The molecule has 3 heterocycles. The second-order valence-electron chi connectivity index (χ2n) is 21.9. The number of hydrogen-bond acceptors (Lipinski definition) is 8. The Morgan fingerprint density at radius 3 is 2.33 bits per heavy atom. The fourth-order valence-electron chi connectivity index (χ4n) is 16.1. The van der Waals surface area contributed by atoms with Crippen molar-refractivity contribution in [1.29, 1.82) is 0 Å². The highest BCUT2D eigenvalue weighted by Crippen LogP contribution is 2.89. The molecule has 0 unspecified atom stereocenters. The predicted octanol–water partition coefficient (Wildman–Crippen LogP) is 6.65. The molecule has 0 aromatic rings. The Morgan fingerprint density at radius 2 is 1.65 bits per heavy atom. The summed E-state index contributed by atoms with van der Waals surface area (Å²) < 4.78 is 26.6. The predicted molar refractivity (Wildman–Crippen MR) is 202 cm³/mol. The zero-order valence-electron chi connectivity index (χ0n) is 34.3. The van der Waals surface area contributed by atoms with Gasteiger partial charge in [0.1, 0.15) is 6.10 Å². The molecule has 0 aromatic heterocycles. The Labute approximate surface area is 315 Å². The van der Waals surface area contributed by atoms with Gasteiger partial charge in [-0.3, -0.25) is 9.80 Å². The first-order chi connectivity index (χ1) is 24.4. The molecule has 2 spiro atoms. The Balaban J connectivity index is 0.909. The normalized spacial score (nSPS) is 51.9. The molecule has 296 valence electrons. The van der Waals surface area contributed by atoms with Crippen LogP contribution in [-0.4, -0.2) is 113 Å². The van der Waals surface area contributed by atoms with Crippen molar-refractivity contribution in [3.8, 4) is 0 Å². The van der Waals surface area contributed by atoms with Gasteiger partial charge in [0.05, 0.1) is 43.2 Å². The summed E-state index contributed by atoms with van der Waals surface area (Å²) in [6.45, 7) is 26.2. The first kappa shape index (κ1) is 37.3. The van der Waals surface area contributed by atoms with Crippen molar-refractivity contribution in [3.63, 3.8) is 0 Å². The lowest BCUT2D eigenvalue weighted by atomic mass is 9.41. The Morgan fingerprint density at radius 1 is 0.942 bits per heavy atom. The molecule has 2 N–H and O–H groups in total. The van der Waals surface area contributed by atoms with E-state index in [1.54, 1.807) is 0 Å². The number of hydrogen-bond donors (Lipinski definition) is 2. The molecule has 0 aromatic carbocycles. The highest BCUT2D eigenvalue weighted by molar-refractivity contribution is 5.33. The lowest BCUT2D eigenvalue weighted by molar-refractivity contribution is -0.260. The van der Waals surface area contributed by atoms with Gasteiger partial charge in [0.15, 0.2) is 6.29 Å². The van der Waals surface area contributed by atoms with Gasteiger partial charge >= 0.3 is 0 Å². The van der Waals surface area contributed by atoms with E-state index < -0.39 is 17.8 Å². The smallest absolute Gasteiger partial charge is 0.170 e. The van der Waals surface area contributed by atoms with Gasteiger partial charge in [-0.15, -0.1) is 0 Å². The summed E-state index contributed by atoms with van der Waals surface area (Å²) in [6.07, 6.45) is 12.4. The van der Waals surface area contributed by atoms with Crippen molar-refractivity contribution >= 4 is 0 Å². The molecule has 6 saturated carbocycles. The fraction of sp³-hybridized carbons (Fsp3) is 1.00. The molecule has 9 fully saturated rings. The Bertz CT molecular complexity index is 1370. The van der Waals surface area contributed by atoms with Gasteiger partial charge in [0.25, 0.3) is 0 Å². The SMILES string of the molecule is CCO[C@@H]([C@H]1C[C@@H](C)[C@H]2[C@H](O1)[C@H](O)[C@@]1(C)[C@@H]3CC[C@H]4C(C)(C)[C@@H](O[C@H]5CN(C6(C)CN(C7CCC7)C6)CCO5)CC[C@@]45C[C@@]35CC[C@]21C)C(C)(C)O. The third kappa shape index (κ3) is 4.92. The molecule has 3 saturated heterocycles. The topological polar surface area (TPSA) is 83.9 Å². The molecule has 9 aliphatic rings. The van der Waals surface area contributed by atoms with Crippen molar-refractivity contribution in [2.45, 2.75) is 187 Å². The molecule has 52 heavy (non-hydrogen) atoms. The van der Waals surface area contributed by atoms with E-state index in [-0.39, 0.29) is 46.4 Å². The average molecular weight is 727 g/mol. The van der Waals surface area contributed by atoms with Crippen LogP contribution in [0, 0.1) is 50.7 Å². The molecule has 0 bridgehead atoms. The maximum absolute atomic E-state index is 12.7. The Hall–Kier alpha value is -0.320. The van der Waals surface area contributed by atoms with Crippen molar-refractivity contribution < 1.29 is 29.2 Å². The van der Waals surface area contributed by atoms with Gasteiger partial charge in [-0.1, -0.05) is 41.0 Å². The summed E-state index contributed by atoms with van der Waals surface area (Å²) in [5.41, 5.74) is -0.176. The molecular weight excluding hydrogens is 652 g/mol. The lowest BCUT2D eigenvalue weighted by Gasteiger charge is -2.64. The van der Waals surface area contributed by atoms with Crippen molar-refractivity contribution in [3.05, 3.63) is 0 Å². The van der Waals surface area contributed by atoms with Crippen molar-refractivity contribution in [1.82, 2.24) is 9.80 Å². The average Bonchev–Trinajstić information content (AvgIpc) is 3.67. The van der Waals surface area contributed by atoms with E-state index >= 15 is 0 Å². The fourth-order valence-corrected chi connectivity index (χ4v) is 16.1. The van der Waals surface area contributed by atoms with Crippen LogP contribution < -0.4 is 0 Å². The first-order valence-electron chi connectivity index (χ1n) is 21.9. The summed E-state index contributed by atoms with van der Waals surface area (Å²) >= 11 is 0. The molecule has 8 heteroatoms. The highest BCUT2D eigenvalue weighted by Gasteiger charge is 2.84. The molecule has 0 amide bonds. The third-order valence-corrected chi connectivity index (χ3v) is 18.9. The van der Waals surface area contributed by atoms with E-state index in [4.69, 9.17) is 18.9 Å². The standard InChI is InChI=1S/C44H74N2O6/c1-10-49-37(39(5,6)48)29-22-27(2)34-35(51-29)36(47)42(9)31-15-14-30-38(3,4)32(16-17-43(30)24-44(31,43)19-18-41(34,42)8)52-33-23-46(20-21-50-33)40(7)25-45(26-40)28-12-11-13-28/h27-37,47-48H,10-26H2,1-9H3/t27-,29-,30+,31+,32+,33+,34+,35+,36+,37+,41-,42-,43-,44+/m1/s1. The molecule has 0 radical (unpaired) electrons. The summed E-state index contributed by atoms with van der Waals surface area (Å²) in [4.78, 5) is 5.40. The van der Waals surface area contributed by atoms with Gasteiger partial charge in [0.2, 0.25) is 0 Å². The van der Waals surface area contributed by atoms with Crippen LogP contribution in [0.3, 0.4) is 0 Å². The molecule has 6 aliphatic carbocycles.